The highest BCUT2D eigenvalue weighted by Crippen LogP contribution is 2.48. The monoisotopic (exact) mass is 434 g/mol. The molecule has 1 fully saturated rings. The summed E-state index contributed by atoms with van der Waals surface area (Å²) in [6, 6.07) is 14.3. The quantitative estimate of drug-likeness (QED) is 0.479. The highest BCUT2D eigenvalue weighted by atomic mass is 19.1. The fourth-order valence-corrected chi connectivity index (χ4v) is 3.62. The van der Waals surface area contributed by atoms with Crippen molar-refractivity contribution in [3.63, 3.8) is 0 Å². The maximum atomic E-state index is 14.0. The van der Waals surface area contributed by atoms with Gasteiger partial charge in [-0.2, -0.15) is 5.10 Å². The van der Waals surface area contributed by atoms with Crippen LogP contribution in [0.3, 0.4) is 0 Å². The van der Waals surface area contributed by atoms with E-state index >= 15 is 0 Å². The van der Waals surface area contributed by atoms with Crippen LogP contribution in [0.5, 0.6) is 0 Å². The van der Waals surface area contributed by atoms with Crippen LogP contribution in [0.25, 0.3) is 22.8 Å². The van der Waals surface area contributed by atoms with E-state index in [1.54, 1.807) is 42.5 Å². The second-order valence-corrected chi connectivity index (χ2v) is 7.65. The maximum absolute atomic E-state index is 14.0. The lowest BCUT2D eigenvalue weighted by molar-refractivity contribution is -0.123. The Morgan fingerprint density at radius 3 is 2.72 bits per heavy atom. The minimum Gasteiger partial charge on any atom is -0.463 e. The Morgan fingerprint density at radius 1 is 1.12 bits per heavy atom. The van der Waals surface area contributed by atoms with E-state index in [2.05, 4.69) is 15.6 Å². The average Bonchev–Trinajstić information content (AvgIpc) is 3.20. The van der Waals surface area contributed by atoms with Gasteiger partial charge < -0.3 is 14.3 Å². The van der Waals surface area contributed by atoms with Crippen LogP contribution >= 0.6 is 0 Å². The molecule has 3 aromatic heterocycles. The van der Waals surface area contributed by atoms with Crippen LogP contribution in [0.1, 0.15) is 18.5 Å². The molecular formula is C23H19FN4O4. The first kappa shape index (κ1) is 19.9. The highest BCUT2D eigenvalue weighted by Gasteiger charge is 2.53. The smallest absolute Gasteiger partial charge is 0.266 e. The molecule has 0 unspecified atom stereocenters. The normalized spacial score (nSPS) is 14.3. The number of benzene rings is 1. The van der Waals surface area contributed by atoms with Crippen molar-refractivity contribution in [3.05, 3.63) is 82.7 Å². The lowest BCUT2D eigenvalue weighted by atomic mass is 10.0. The minimum atomic E-state index is -0.790. The molecule has 4 aromatic rings. The molecule has 162 valence electrons. The molecule has 0 aliphatic heterocycles. The summed E-state index contributed by atoms with van der Waals surface area (Å²) in [7, 11) is 0. The SMILES string of the molecule is O=C(NCCn1nc(-c2ccco2)ccc1=O)C1(c2cc(-c3ccccc3F)on2)CC1. The number of nitrogens with zero attached hydrogens (tertiary/aromatic N) is 3. The molecular weight excluding hydrogens is 415 g/mol. The topological polar surface area (TPSA) is 103 Å². The van der Waals surface area contributed by atoms with Crippen molar-refractivity contribution >= 4 is 5.91 Å². The van der Waals surface area contributed by atoms with Crippen molar-refractivity contribution < 1.29 is 18.1 Å². The summed E-state index contributed by atoms with van der Waals surface area (Å²) in [5.41, 5.74) is 0.235. The number of furan rings is 1. The summed E-state index contributed by atoms with van der Waals surface area (Å²) in [5.74, 6) is 0.208. The average molecular weight is 434 g/mol. The van der Waals surface area contributed by atoms with Gasteiger partial charge in [0.2, 0.25) is 5.91 Å². The molecule has 1 saturated carbocycles. The summed E-state index contributed by atoms with van der Waals surface area (Å²) in [4.78, 5) is 25.0. The van der Waals surface area contributed by atoms with Crippen molar-refractivity contribution in [1.82, 2.24) is 20.3 Å². The van der Waals surface area contributed by atoms with Gasteiger partial charge in [0.05, 0.1) is 29.5 Å². The lowest BCUT2D eigenvalue weighted by Gasteiger charge is -2.13. The zero-order valence-corrected chi connectivity index (χ0v) is 17.0. The molecule has 1 N–H and O–H groups in total. The Bertz CT molecular complexity index is 1320. The second-order valence-electron chi connectivity index (χ2n) is 7.65. The third-order valence-electron chi connectivity index (χ3n) is 5.57. The van der Waals surface area contributed by atoms with E-state index in [0.717, 1.165) is 0 Å². The van der Waals surface area contributed by atoms with Crippen molar-refractivity contribution in [2.75, 3.05) is 6.54 Å². The second kappa shape index (κ2) is 7.92. The van der Waals surface area contributed by atoms with Crippen molar-refractivity contribution in [2.45, 2.75) is 24.8 Å². The van der Waals surface area contributed by atoms with Gasteiger partial charge in [-0.3, -0.25) is 9.59 Å². The standard InChI is InChI=1S/C23H19FN4O4/c24-16-5-2-1-4-15(16)19-14-20(27-32-19)23(9-10-23)22(30)25-11-12-28-21(29)8-7-17(26-28)18-6-3-13-31-18/h1-8,13-14H,9-12H2,(H,25,30). The van der Waals surface area contributed by atoms with E-state index in [1.807, 2.05) is 0 Å². The van der Waals surface area contributed by atoms with Crippen LogP contribution < -0.4 is 10.9 Å². The fourth-order valence-electron chi connectivity index (χ4n) is 3.62. The molecule has 0 saturated heterocycles. The first-order valence-electron chi connectivity index (χ1n) is 10.2. The summed E-state index contributed by atoms with van der Waals surface area (Å²) >= 11 is 0. The van der Waals surface area contributed by atoms with Crippen molar-refractivity contribution in [1.29, 1.82) is 0 Å². The van der Waals surface area contributed by atoms with E-state index in [-0.39, 0.29) is 30.3 Å². The summed E-state index contributed by atoms with van der Waals surface area (Å²) in [5, 5.41) is 11.2. The van der Waals surface area contributed by atoms with Gasteiger partial charge >= 0.3 is 0 Å². The Labute approximate surface area is 181 Å². The Balaban J connectivity index is 1.26. The maximum Gasteiger partial charge on any atom is 0.266 e. The molecule has 0 radical (unpaired) electrons. The number of rotatable bonds is 7. The van der Waals surface area contributed by atoms with Crippen LogP contribution in [-0.4, -0.2) is 27.4 Å². The largest absolute Gasteiger partial charge is 0.463 e. The summed E-state index contributed by atoms with van der Waals surface area (Å²) in [6.45, 7) is 0.418. The molecule has 1 aliphatic rings. The van der Waals surface area contributed by atoms with E-state index in [1.165, 1.54) is 23.1 Å². The summed E-state index contributed by atoms with van der Waals surface area (Å²) < 4.78 is 25.9. The first-order chi connectivity index (χ1) is 15.6. The van der Waals surface area contributed by atoms with E-state index in [4.69, 9.17) is 8.94 Å². The van der Waals surface area contributed by atoms with E-state index in [9.17, 15) is 14.0 Å². The number of halogens is 1. The molecule has 8 nitrogen and oxygen atoms in total. The summed E-state index contributed by atoms with van der Waals surface area (Å²) in [6.07, 6.45) is 2.77. The predicted octanol–water partition coefficient (Wildman–Crippen LogP) is 3.15. The minimum absolute atomic E-state index is 0.203. The number of hydrogen-bond acceptors (Lipinski definition) is 6. The molecule has 5 rings (SSSR count). The van der Waals surface area contributed by atoms with Crippen LogP contribution in [0.15, 0.2) is 74.6 Å². The predicted molar refractivity (Wildman–Crippen MR) is 112 cm³/mol. The zero-order valence-electron chi connectivity index (χ0n) is 17.0. The molecule has 1 aromatic carbocycles. The first-order valence-corrected chi connectivity index (χ1v) is 10.2. The number of aromatic nitrogens is 3. The Hall–Kier alpha value is -4.01. The van der Waals surface area contributed by atoms with Crippen molar-refractivity contribution in [3.8, 4) is 22.8 Å². The van der Waals surface area contributed by atoms with Crippen LogP contribution in [0, 0.1) is 5.82 Å². The van der Waals surface area contributed by atoms with Gasteiger partial charge in [-0.15, -0.1) is 0 Å². The number of hydrogen-bond donors (Lipinski definition) is 1. The molecule has 1 amide bonds. The Kier molecular flexibility index (Phi) is 4.93. The van der Waals surface area contributed by atoms with Crippen molar-refractivity contribution in [2.24, 2.45) is 0 Å². The van der Waals surface area contributed by atoms with E-state index in [0.29, 0.717) is 35.6 Å². The van der Waals surface area contributed by atoms with Crippen LogP contribution in [0.4, 0.5) is 4.39 Å². The molecule has 32 heavy (non-hydrogen) atoms. The van der Waals surface area contributed by atoms with Gasteiger partial charge in [-0.25, -0.2) is 9.07 Å². The third kappa shape index (κ3) is 3.62. The molecule has 0 spiro atoms. The number of amides is 1. The molecule has 0 atom stereocenters. The van der Waals surface area contributed by atoms with Gasteiger partial charge in [0.25, 0.3) is 5.56 Å². The van der Waals surface area contributed by atoms with Gasteiger partial charge in [-0.1, -0.05) is 17.3 Å². The number of carbonyl (C=O) groups is 1. The van der Waals surface area contributed by atoms with Gasteiger partial charge in [-0.05, 0) is 43.2 Å². The number of carbonyl (C=O) groups excluding carboxylic acids is 1. The number of nitrogens with one attached hydrogen (secondary N) is 1. The van der Waals surface area contributed by atoms with Gasteiger partial charge in [0, 0.05) is 18.7 Å². The van der Waals surface area contributed by atoms with Crippen LogP contribution in [0.2, 0.25) is 0 Å². The third-order valence-corrected chi connectivity index (χ3v) is 5.57. The molecule has 1 aliphatic carbocycles. The molecule has 3 heterocycles. The molecule has 0 bridgehead atoms. The molecule has 9 heteroatoms. The van der Waals surface area contributed by atoms with E-state index < -0.39 is 11.2 Å². The highest BCUT2D eigenvalue weighted by molar-refractivity contribution is 5.91. The Morgan fingerprint density at radius 2 is 1.97 bits per heavy atom. The van der Waals surface area contributed by atoms with Gasteiger partial charge in [0.1, 0.15) is 11.5 Å². The fraction of sp³-hybridized carbons (Fsp3) is 0.217. The zero-order chi connectivity index (χ0) is 22.1. The van der Waals surface area contributed by atoms with Gasteiger partial charge in [0.15, 0.2) is 11.5 Å². The van der Waals surface area contributed by atoms with Crippen LogP contribution in [-0.2, 0) is 16.8 Å². The lowest BCUT2D eigenvalue weighted by Crippen LogP contribution is -2.38.